The van der Waals surface area contributed by atoms with Crippen molar-refractivity contribution in [1.29, 1.82) is 0 Å². The first-order valence-corrected chi connectivity index (χ1v) is 11.5. The number of benzene rings is 2. The second-order valence-electron chi connectivity index (χ2n) is 7.18. The van der Waals surface area contributed by atoms with Crippen LogP contribution in [-0.4, -0.2) is 53.6 Å². The van der Waals surface area contributed by atoms with Crippen LogP contribution in [0.1, 0.15) is 5.56 Å². The number of hydrogen-bond donors (Lipinski definition) is 3. The lowest BCUT2D eigenvalue weighted by molar-refractivity contribution is -0.892. The van der Waals surface area contributed by atoms with Crippen LogP contribution in [0.5, 0.6) is 0 Å². The monoisotopic (exact) mass is 437 g/mol. The van der Waals surface area contributed by atoms with E-state index in [-0.39, 0.29) is 10.8 Å². The Balaban J connectivity index is 1.38. The summed E-state index contributed by atoms with van der Waals surface area (Å²) in [6, 6.07) is 14.2. The molecule has 156 valence electrons. The van der Waals surface area contributed by atoms with E-state index in [2.05, 4.69) is 16.3 Å². The van der Waals surface area contributed by atoms with Crippen LogP contribution in [0.4, 0.5) is 5.69 Å². The van der Waals surface area contributed by atoms with Gasteiger partial charge in [-0.15, -0.1) is 0 Å². The molecule has 1 fully saturated rings. The maximum Gasteiger partial charge on any atom is 0.275 e. The van der Waals surface area contributed by atoms with Crippen molar-refractivity contribution < 1.29 is 18.1 Å². The van der Waals surface area contributed by atoms with Crippen molar-refractivity contribution in [2.75, 3.05) is 44.2 Å². The molecule has 7 nitrogen and oxygen atoms in total. The molecule has 0 spiro atoms. The summed E-state index contributed by atoms with van der Waals surface area (Å²) in [5, 5.41) is 8.76. The highest BCUT2D eigenvalue weighted by molar-refractivity contribution is 7.89. The summed E-state index contributed by atoms with van der Waals surface area (Å²) < 4.78 is 22.5. The Morgan fingerprint density at radius 1 is 1.14 bits per heavy atom. The highest BCUT2D eigenvalue weighted by Gasteiger charge is 2.22. The van der Waals surface area contributed by atoms with E-state index in [1.807, 2.05) is 18.2 Å². The molecular weight excluding hydrogens is 412 g/mol. The van der Waals surface area contributed by atoms with Crippen LogP contribution in [0.25, 0.3) is 0 Å². The van der Waals surface area contributed by atoms with Crippen LogP contribution in [0.3, 0.4) is 0 Å². The number of carbonyl (C=O) groups is 1. The van der Waals surface area contributed by atoms with Gasteiger partial charge in [-0.05, 0) is 42.3 Å². The fraction of sp³-hybridized carbons (Fsp3) is 0.350. The zero-order valence-corrected chi connectivity index (χ0v) is 17.7. The Labute approximate surface area is 176 Å². The third-order valence-corrected chi connectivity index (χ3v) is 6.21. The average molecular weight is 438 g/mol. The zero-order chi connectivity index (χ0) is 20.9. The Hall–Kier alpha value is -2.13. The minimum Gasteiger partial charge on any atom is -0.360 e. The summed E-state index contributed by atoms with van der Waals surface area (Å²) in [5.74, 6) is 0.0253. The van der Waals surface area contributed by atoms with E-state index in [9.17, 15) is 13.2 Å². The largest absolute Gasteiger partial charge is 0.360 e. The molecule has 0 bridgehead atoms. The fourth-order valence-corrected chi connectivity index (χ4v) is 4.11. The quantitative estimate of drug-likeness (QED) is 0.570. The predicted molar refractivity (Wildman–Crippen MR) is 114 cm³/mol. The van der Waals surface area contributed by atoms with Crippen LogP contribution in [0.2, 0.25) is 5.02 Å². The fourth-order valence-electron chi connectivity index (χ4n) is 3.41. The van der Waals surface area contributed by atoms with Crippen LogP contribution in [0, 0.1) is 0 Å². The van der Waals surface area contributed by atoms with Gasteiger partial charge in [0.1, 0.15) is 0 Å². The number of hydrogen-bond acceptors (Lipinski definition) is 4. The second kappa shape index (κ2) is 9.58. The molecule has 9 heteroatoms. The topological polar surface area (TPSA) is 96.9 Å². The minimum absolute atomic E-state index is 0.0253. The Morgan fingerprint density at radius 3 is 2.45 bits per heavy atom. The summed E-state index contributed by atoms with van der Waals surface area (Å²) in [6.07, 6.45) is 0.633. The first-order chi connectivity index (χ1) is 13.8. The lowest BCUT2D eigenvalue weighted by Gasteiger charge is -2.33. The van der Waals surface area contributed by atoms with Crippen molar-refractivity contribution in [3.05, 3.63) is 59.1 Å². The number of amides is 1. The van der Waals surface area contributed by atoms with Gasteiger partial charge in [0.2, 0.25) is 10.0 Å². The molecule has 0 saturated carbocycles. The number of anilines is 1. The normalized spacial score (nSPS) is 15.3. The number of primary sulfonamides is 1. The van der Waals surface area contributed by atoms with Gasteiger partial charge in [-0.1, -0.05) is 29.8 Å². The minimum atomic E-state index is -3.68. The lowest BCUT2D eigenvalue weighted by Crippen LogP contribution is -3.16. The molecule has 2 aromatic rings. The van der Waals surface area contributed by atoms with E-state index in [0.29, 0.717) is 19.5 Å². The number of nitrogens with two attached hydrogens (primary N) is 1. The summed E-state index contributed by atoms with van der Waals surface area (Å²) in [6.45, 7) is 4.53. The second-order valence-corrected chi connectivity index (χ2v) is 9.18. The van der Waals surface area contributed by atoms with E-state index in [4.69, 9.17) is 16.7 Å². The molecule has 1 aliphatic heterocycles. The Kier molecular flexibility index (Phi) is 7.13. The third kappa shape index (κ3) is 6.43. The van der Waals surface area contributed by atoms with Gasteiger partial charge in [0.15, 0.2) is 6.54 Å². The zero-order valence-electron chi connectivity index (χ0n) is 16.1. The van der Waals surface area contributed by atoms with Crippen molar-refractivity contribution in [2.45, 2.75) is 11.3 Å². The summed E-state index contributed by atoms with van der Waals surface area (Å²) >= 11 is 6.06. The summed E-state index contributed by atoms with van der Waals surface area (Å²) in [5.41, 5.74) is 2.06. The number of piperazine rings is 1. The van der Waals surface area contributed by atoms with Crippen LogP contribution in [-0.2, 0) is 21.2 Å². The van der Waals surface area contributed by atoms with Gasteiger partial charge in [-0.2, -0.15) is 0 Å². The molecule has 4 N–H and O–H groups in total. The molecule has 0 aromatic heterocycles. The van der Waals surface area contributed by atoms with E-state index < -0.39 is 10.0 Å². The van der Waals surface area contributed by atoms with E-state index in [0.717, 1.165) is 42.5 Å². The molecule has 0 atom stereocenters. The van der Waals surface area contributed by atoms with Gasteiger partial charge in [-0.25, -0.2) is 13.6 Å². The lowest BCUT2D eigenvalue weighted by atomic mass is 10.1. The number of halogens is 1. The Morgan fingerprint density at radius 2 is 1.83 bits per heavy atom. The molecular formula is C20H26ClN4O3S+. The van der Waals surface area contributed by atoms with Crippen molar-refractivity contribution in [2.24, 2.45) is 5.14 Å². The Bertz CT molecular complexity index is 942. The number of quaternary nitrogens is 1. The maximum absolute atomic E-state index is 12.2. The van der Waals surface area contributed by atoms with Crippen molar-refractivity contribution in [1.82, 2.24) is 5.32 Å². The van der Waals surface area contributed by atoms with Crippen LogP contribution < -0.4 is 20.3 Å². The molecule has 1 amide bonds. The molecule has 0 radical (unpaired) electrons. The molecule has 0 unspecified atom stereocenters. The van der Waals surface area contributed by atoms with Crippen LogP contribution in [0.15, 0.2) is 53.4 Å². The van der Waals surface area contributed by atoms with Gasteiger partial charge in [0, 0.05) is 17.3 Å². The highest BCUT2D eigenvalue weighted by Crippen LogP contribution is 2.19. The van der Waals surface area contributed by atoms with E-state index in [1.165, 1.54) is 17.0 Å². The number of nitrogens with zero attached hydrogens (tertiary/aromatic N) is 1. The maximum atomic E-state index is 12.2. The van der Waals surface area contributed by atoms with E-state index >= 15 is 0 Å². The highest BCUT2D eigenvalue weighted by atomic mass is 35.5. The number of rotatable bonds is 7. The van der Waals surface area contributed by atoms with Gasteiger partial charge in [0.25, 0.3) is 5.91 Å². The van der Waals surface area contributed by atoms with E-state index in [1.54, 1.807) is 12.1 Å². The average Bonchev–Trinajstić information content (AvgIpc) is 2.68. The van der Waals surface area contributed by atoms with Gasteiger partial charge < -0.3 is 15.1 Å². The molecule has 29 heavy (non-hydrogen) atoms. The van der Waals surface area contributed by atoms with Crippen molar-refractivity contribution >= 4 is 33.2 Å². The first kappa shape index (κ1) is 21.6. The van der Waals surface area contributed by atoms with Gasteiger partial charge in [0.05, 0.1) is 31.1 Å². The first-order valence-electron chi connectivity index (χ1n) is 9.54. The predicted octanol–water partition coefficient (Wildman–Crippen LogP) is 0.0512. The van der Waals surface area contributed by atoms with Crippen LogP contribution >= 0.6 is 11.6 Å². The molecule has 0 aliphatic carbocycles. The standard InChI is InChI=1S/C20H25ClN4O3S/c21-17-2-1-3-18(14-17)25-12-10-24(11-13-25)15-20(26)23-9-8-16-4-6-19(7-5-16)29(22,27)28/h1-7,14H,8-13,15H2,(H,23,26)(H2,22,27,28)/p+1. The molecule has 2 aromatic carbocycles. The van der Waals surface area contributed by atoms with Crippen molar-refractivity contribution in [3.8, 4) is 0 Å². The van der Waals surface area contributed by atoms with Crippen molar-refractivity contribution in [3.63, 3.8) is 0 Å². The SMILES string of the molecule is NS(=O)(=O)c1ccc(CCNC(=O)C[NH+]2CCN(c3cccc(Cl)c3)CC2)cc1. The number of nitrogens with one attached hydrogen (secondary N) is 2. The van der Waals surface area contributed by atoms with Gasteiger partial charge in [-0.3, -0.25) is 4.79 Å². The molecule has 1 heterocycles. The number of sulfonamides is 1. The van der Waals surface area contributed by atoms with Gasteiger partial charge >= 0.3 is 0 Å². The molecule has 1 aliphatic rings. The number of carbonyl (C=O) groups excluding carboxylic acids is 1. The summed E-state index contributed by atoms with van der Waals surface area (Å²) in [7, 11) is -3.68. The molecule has 3 rings (SSSR count). The molecule has 1 saturated heterocycles. The summed E-state index contributed by atoms with van der Waals surface area (Å²) in [4.78, 5) is 15.9. The third-order valence-electron chi connectivity index (χ3n) is 5.04. The smallest absolute Gasteiger partial charge is 0.275 e.